The molecule has 0 saturated heterocycles. The predicted molar refractivity (Wildman–Crippen MR) is 109 cm³/mol. The van der Waals surface area contributed by atoms with Gasteiger partial charge in [0.15, 0.2) is 6.10 Å². The normalized spacial score (nSPS) is 13.8. The molecule has 0 radical (unpaired) electrons. The van der Waals surface area contributed by atoms with Crippen LogP contribution in [0, 0.1) is 0 Å². The standard InChI is InChI=1S/C22H19ClN2O3/c1-13(21(26)24-16-10-9-14-5-4-6-15(14)11-16)28-22(27)18-12-20(23)25-19-8-3-2-7-17(18)19/h2-3,7-13H,4-6H2,1H3,(H,24,26)/t13-/m1/s1. The quantitative estimate of drug-likeness (QED) is 0.520. The lowest BCUT2D eigenvalue weighted by Crippen LogP contribution is -2.30. The number of aryl methyl sites for hydroxylation is 2. The van der Waals surface area contributed by atoms with Gasteiger partial charge in [0.1, 0.15) is 5.15 Å². The van der Waals surface area contributed by atoms with Gasteiger partial charge < -0.3 is 10.1 Å². The first-order valence-electron chi connectivity index (χ1n) is 9.20. The van der Waals surface area contributed by atoms with Crippen LogP contribution in [0.5, 0.6) is 0 Å². The number of hydrogen-bond donors (Lipinski definition) is 1. The van der Waals surface area contributed by atoms with Gasteiger partial charge in [-0.3, -0.25) is 4.79 Å². The Bertz CT molecular complexity index is 1080. The molecule has 0 aliphatic heterocycles. The lowest BCUT2D eigenvalue weighted by molar-refractivity contribution is -0.123. The van der Waals surface area contributed by atoms with Gasteiger partial charge >= 0.3 is 5.97 Å². The van der Waals surface area contributed by atoms with Gasteiger partial charge in [0.25, 0.3) is 5.91 Å². The van der Waals surface area contributed by atoms with E-state index in [0.717, 1.165) is 19.3 Å². The van der Waals surface area contributed by atoms with E-state index >= 15 is 0 Å². The molecule has 1 N–H and O–H groups in total. The maximum absolute atomic E-state index is 12.6. The average Bonchev–Trinajstić information content (AvgIpc) is 3.15. The highest BCUT2D eigenvalue weighted by Gasteiger charge is 2.22. The minimum Gasteiger partial charge on any atom is -0.449 e. The van der Waals surface area contributed by atoms with Crippen LogP contribution in [0.1, 0.15) is 34.8 Å². The predicted octanol–water partition coefficient (Wildman–Crippen LogP) is 4.56. The van der Waals surface area contributed by atoms with Crippen molar-refractivity contribution in [3.8, 4) is 0 Å². The molecule has 0 fully saturated rings. The number of nitrogens with one attached hydrogen (secondary N) is 1. The van der Waals surface area contributed by atoms with Gasteiger partial charge in [-0.25, -0.2) is 9.78 Å². The second kappa shape index (κ2) is 7.60. The summed E-state index contributed by atoms with van der Waals surface area (Å²) in [6.45, 7) is 1.55. The molecule has 142 valence electrons. The summed E-state index contributed by atoms with van der Waals surface area (Å²) < 4.78 is 5.39. The summed E-state index contributed by atoms with van der Waals surface area (Å²) in [4.78, 5) is 29.3. The highest BCUT2D eigenvalue weighted by atomic mass is 35.5. The van der Waals surface area contributed by atoms with Crippen molar-refractivity contribution < 1.29 is 14.3 Å². The molecular formula is C22H19ClN2O3. The molecule has 1 aliphatic rings. The van der Waals surface area contributed by atoms with Gasteiger partial charge in [-0.1, -0.05) is 35.9 Å². The number of carbonyl (C=O) groups excluding carboxylic acids is 2. The fourth-order valence-corrected chi connectivity index (χ4v) is 3.68. The summed E-state index contributed by atoms with van der Waals surface area (Å²) >= 11 is 6.02. The van der Waals surface area contributed by atoms with Crippen molar-refractivity contribution in [3.63, 3.8) is 0 Å². The number of nitrogens with zero attached hydrogens (tertiary/aromatic N) is 1. The highest BCUT2D eigenvalue weighted by molar-refractivity contribution is 6.30. The van der Waals surface area contributed by atoms with Crippen molar-refractivity contribution in [2.24, 2.45) is 0 Å². The Morgan fingerprint density at radius 1 is 1.11 bits per heavy atom. The number of carbonyl (C=O) groups is 2. The molecule has 5 nitrogen and oxygen atoms in total. The van der Waals surface area contributed by atoms with Gasteiger partial charge in [-0.15, -0.1) is 0 Å². The van der Waals surface area contributed by atoms with Crippen LogP contribution in [-0.4, -0.2) is 23.0 Å². The summed E-state index contributed by atoms with van der Waals surface area (Å²) in [7, 11) is 0. The molecule has 1 aliphatic carbocycles. The van der Waals surface area contributed by atoms with Crippen molar-refractivity contribution in [1.82, 2.24) is 4.98 Å². The van der Waals surface area contributed by atoms with E-state index in [2.05, 4.69) is 10.3 Å². The summed E-state index contributed by atoms with van der Waals surface area (Å²) in [6, 6.07) is 14.5. The third-order valence-corrected chi connectivity index (χ3v) is 5.12. The van der Waals surface area contributed by atoms with Gasteiger partial charge in [-0.05, 0) is 61.6 Å². The minimum absolute atomic E-state index is 0.195. The molecule has 0 saturated carbocycles. The second-order valence-corrected chi connectivity index (χ2v) is 7.27. The lowest BCUT2D eigenvalue weighted by atomic mass is 10.1. The molecular weight excluding hydrogens is 376 g/mol. The molecule has 1 aromatic heterocycles. The van der Waals surface area contributed by atoms with Crippen LogP contribution in [0.4, 0.5) is 5.69 Å². The van der Waals surface area contributed by atoms with Gasteiger partial charge in [0, 0.05) is 11.1 Å². The monoisotopic (exact) mass is 394 g/mol. The number of fused-ring (bicyclic) bond motifs is 2. The molecule has 0 bridgehead atoms. The van der Waals surface area contributed by atoms with E-state index in [4.69, 9.17) is 16.3 Å². The first-order chi connectivity index (χ1) is 13.5. The fourth-order valence-electron chi connectivity index (χ4n) is 3.48. The number of para-hydroxylation sites is 1. The zero-order chi connectivity index (χ0) is 19.7. The van der Waals surface area contributed by atoms with Crippen LogP contribution in [0.3, 0.4) is 0 Å². The second-order valence-electron chi connectivity index (χ2n) is 6.88. The molecule has 4 rings (SSSR count). The molecule has 3 aromatic rings. The van der Waals surface area contributed by atoms with Crippen LogP contribution >= 0.6 is 11.6 Å². The summed E-state index contributed by atoms with van der Waals surface area (Å²) in [5, 5.41) is 3.65. The topological polar surface area (TPSA) is 68.3 Å². The third-order valence-electron chi connectivity index (χ3n) is 4.92. The Hall–Kier alpha value is -2.92. The molecule has 2 aromatic carbocycles. The minimum atomic E-state index is -0.952. The Morgan fingerprint density at radius 2 is 1.89 bits per heavy atom. The van der Waals surface area contributed by atoms with Crippen LogP contribution in [0.2, 0.25) is 5.15 Å². The zero-order valence-corrected chi connectivity index (χ0v) is 16.1. The number of ether oxygens (including phenoxy) is 1. The van der Waals surface area contributed by atoms with E-state index in [9.17, 15) is 9.59 Å². The Morgan fingerprint density at radius 3 is 2.75 bits per heavy atom. The van der Waals surface area contributed by atoms with Crippen LogP contribution in [-0.2, 0) is 22.4 Å². The smallest absolute Gasteiger partial charge is 0.339 e. The molecule has 1 amide bonds. The Kier molecular flexibility index (Phi) is 5.01. The van der Waals surface area contributed by atoms with Crippen molar-refractivity contribution in [2.75, 3.05) is 5.32 Å². The lowest BCUT2D eigenvalue weighted by Gasteiger charge is -2.15. The SMILES string of the molecule is C[C@@H](OC(=O)c1cc(Cl)nc2ccccc12)C(=O)Nc1ccc2c(c1)CCC2. The largest absolute Gasteiger partial charge is 0.449 e. The van der Waals surface area contributed by atoms with E-state index < -0.39 is 12.1 Å². The molecule has 28 heavy (non-hydrogen) atoms. The third kappa shape index (κ3) is 3.71. The number of halogens is 1. The average molecular weight is 395 g/mol. The molecule has 6 heteroatoms. The molecule has 0 unspecified atom stereocenters. The Labute approximate surface area is 167 Å². The van der Waals surface area contributed by atoms with Crippen LogP contribution in [0.25, 0.3) is 10.9 Å². The number of amides is 1. The van der Waals surface area contributed by atoms with E-state index in [1.54, 1.807) is 25.1 Å². The van der Waals surface area contributed by atoms with Crippen molar-refractivity contribution in [3.05, 3.63) is 70.4 Å². The van der Waals surface area contributed by atoms with Crippen molar-refractivity contribution in [1.29, 1.82) is 0 Å². The number of benzene rings is 2. The van der Waals surface area contributed by atoms with Crippen LogP contribution in [0.15, 0.2) is 48.5 Å². The van der Waals surface area contributed by atoms with Gasteiger partial charge in [0.2, 0.25) is 0 Å². The van der Waals surface area contributed by atoms with Gasteiger partial charge in [-0.2, -0.15) is 0 Å². The summed E-state index contributed by atoms with van der Waals surface area (Å²) in [5.41, 5.74) is 4.19. The molecule has 1 heterocycles. The first kappa shape index (κ1) is 18.4. The number of hydrogen-bond acceptors (Lipinski definition) is 4. The number of esters is 1. The van der Waals surface area contributed by atoms with Crippen LogP contribution < -0.4 is 5.32 Å². The van der Waals surface area contributed by atoms with Gasteiger partial charge in [0.05, 0.1) is 11.1 Å². The van der Waals surface area contributed by atoms with E-state index in [-0.39, 0.29) is 16.6 Å². The van der Waals surface area contributed by atoms with Crippen molar-refractivity contribution in [2.45, 2.75) is 32.3 Å². The zero-order valence-electron chi connectivity index (χ0n) is 15.4. The van der Waals surface area contributed by atoms with Crippen molar-refractivity contribution >= 4 is 40.1 Å². The van der Waals surface area contributed by atoms with E-state index in [1.807, 2.05) is 24.3 Å². The first-order valence-corrected chi connectivity index (χ1v) is 9.58. The van der Waals surface area contributed by atoms with E-state index in [1.165, 1.54) is 17.2 Å². The number of rotatable bonds is 4. The summed E-state index contributed by atoms with van der Waals surface area (Å²) in [5.74, 6) is -0.993. The maximum atomic E-state index is 12.6. The summed E-state index contributed by atoms with van der Waals surface area (Å²) in [6.07, 6.45) is 2.30. The Balaban J connectivity index is 1.48. The fraction of sp³-hybridized carbons (Fsp3) is 0.227. The molecule has 1 atom stereocenters. The van der Waals surface area contributed by atoms with E-state index in [0.29, 0.717) is 16.6 Å². The highest BCUT2D eigenvalue weighted by Crippen LogP contribution is 2.25. The number of anilines is 1. The number of pyridine rings is 1. The molecule has 0 spiro atoms. The number of aromatic nitrogens is 1. The maximum Gasteiger partial charge on any atom is 0.339 e.